The Bertz CT molecular complexity index is 2250. The van der Waals surface area contributed by atoms with Crippen molar-refractivity contribution in [2.75, 3.05) is 26.4 Å². The maximum absolute atomic E-state index is 7.25. The number of hydrogen-bond donors (Lipinski definition) is 0. The summed E-state index contributed by atoms with van der Waals surface area (Å²) in [4.78, 5) is 0. The maximum Gasteiger partial charge on any atom is 0.161 e. The highest BCUT2D eigenvalue weighted by Gasteiger charge is 2.54. The number of ether oxygens (including phenoxy) is 4. The van der Waals surface area contributed by atoms with Gasteiger partial charge in [0, 0.05) is 0 Å². The largest absolute Gasteiger partial charge is 0.489 e. The molecule has 4 aromatic rings. The molecule has 4 atom stereocenters. The summed E-state index contributed by atoms with van der Waals surface area (Å²) >= 11 is 0. The molecule has 4 nitrogen and oxygen atoms in total. The lowest BCUT2D eigenvalue weighted by Gasteiger charge is -2.34. The Morgan fingerprint density at radius 2 is 0.667 bits per heavy atom. The van der Waals surface area contributed by atoms with Crippen molar-refractivity contribution in [3.63, 3.8) is 0 Å². The minimum Gasteiger partial charge on any atom is -0.489 e. The standard InChI is InChI=1S/C68H102O4/c1-15-25-29-33-51(22-8)47-72-65-43-61-57(41-63(65)70-45-49(20-6)31-27-17-3)56-40-62(69-44-48(19-5)30-26-16-2)64(71-46-50(21-7)32-28-18-4)42-60(56)68(61)58-38-52(66(11,12)23-9)34-36-54(58)55-37-35-53(39-59(55)68)67(13,14)24-10/h34-43,48-51H,15-33,44-47H2,1-14H3. The summed E-state index contributed by atoms with van der Waals surface area (Å²) in [6.45, 7) is 35.5. The van der Waals surface area contributed by atoms with E-state index >= 15 is 0 Å². The Balaban J connectivity index is 1.71. The van der Waals surface area contributed by atoms with Crippen molar-refractivity contribution in [2.45, 2.75) is 235 Å². The lowest BCUT2D eigenvalue weighted by atomic mass is 9.68. The highest BCUT2D eigenvalue weighted by atomic mass is 16.5. The lowest BCUT2D eigenvalue weighted by Crippen LogP contribution is -2.28. The Morgan fingerprint density at radius 1 is 0.361 bits per heavy atom. The third-order valence-electron chi connectivity index (χ3n) is 18.1. The van der Waals surface area contributed by atoms with Gasteiger partial charge in [0.15, 0.2) is 23.0 Å². The Morgan fingerprint density at radius 3 is 0.972 bits per heavy atom. The zero-order valence-electron chi connectivity index (χ0n) is 48.5. The first-order valence-corrected chi connectivity index (χ1v) is 29.9. The molecule has 1 spiro atoms. The molecule has 0 heterocycles. The molecule has 2 aliphatic rings. The van der Waals surface area contributed by atoms with Crippen LogP contribution in [0.5, 0.6) is 23.0 Å². The summed E-state index contributed by atoms with van der Waals surface area (Å²) < 4.78 is 28.8. The van der Waals surface area contributed by atoms with E-state index in [2.05, 4.69) is 158 Å². The molecule has 4 aromatic carbocycles. The zero-order chi connectivity index (χ0) is 52.1. The Labute approximate surface area is 441 Å². The van der Waals surface area contributed by atoms with Crippen LogP contribution in [0.3, 0.4) is 0 Å². The van der Waals surface area contributed by atoms with Crippen LogP contribution in [-0.4, -0.2) is 26.4 Å². The second kappa shape index (κ2) is 26.5. The van der Waals surface area contributed by atoms with Crippen molar-refractivity contribution >= 4 is 0 Å². The predicted octanol–water partition coefficient (Wildman–Crippen LogP) is 20.2. The van der Waals surface area contributed by atoms with Crippen LogP contribution in [0.4, 0.5) is 0 Å². The van der Waals surface area contributed by atoms with Crippen molar-refractivity contribution in [1.82, 2.24) is 0 Å². The molecular weight excluding hydrogens is 881 g/mol. The van der Waals surface area contributed by atoms with Crippen molar-refractivity contribution in [2.24, 2.45) is 23.7 Å². The highest BCUT2D eigenvalue weighted by molar-refractivity contribution is 5.97. The predicted molar refractivity (Wildman–Crippen MR) is 309 cm³/mol. The Kier molecular flexibility index (Phi) is 21.1. The van der Waals surface area contributed by atoms with Gasteiger partial charge in [-0.3, -0.25) is 0 Å². The van der Waals surface area contributed by atoms with Gasteiger partial charge in [0.05, 0.1) is 31.8 Å². The molecular formula is C68H102O4. The molecule has 6 rings (SSSR count). The molecule has 398 valence electrons. The second-order valence-corrected chi connectivity index (χ2v) is 23.7. The average Bonchev–Trinajstić information content (AvgIpc) is 3.84. The fourth-order valence-electron chi connectivity index (χ4n) is 11.5. The van der Waals surface area contributed by atoms with Crippen LogP contribution >= 0.6 is 0 Å². The van der Waals surface area contributed by atoms with Crippen molar-refractivity contribution in [3.05, 3.63) is 94.0 Å². The number of unbranched alkanes of at least 4 members (excludes halogenated alkanes) is 5. The molecule has 0 aliphatic heterocycles. The van der Waals surface area contributed by atoms with E-state index in [-0.39, 0.29) is 10.8 Å². The van der Waals surface area contributed by atoms with E-state index in [0.29, 0.717) is 50.1 Å². The topological polar surface area (TPSA) is 36.9 Å². The van der Waals surface area contributed by atoms with Crippen LogP contribution in [0, 0.1) is 23.7 Å². The van der Waals surface area contributed by atoms with E-state index < -0.39 is 5.41 Å². The summed E-state index contributed by atoms with van der Waals surface area (Å²) in [5.74, 6) is 5.41. The van der Waals surface area contributed by atoms with Gasteiger partial charge in [-0.15, -0.1) is 0 Å². The molecule has 4 unspecified atom stereocenters. The first kappa shape index (κ1) is 57.4. The first-order valence-electron chi connectivity index (χ1n) is 29.9. The van der Waals surface area contributed by atoms with Crippen LogP contribution in [0.1, 0.15) is 252 Å². The normalized spacial score (nSPS) is 15.1. The van der Waals surface area contributed by atoms with E-state index in [1.54, 1.807) is 0 Å². The highest BCUT2D eigenvalue weighted by Crippen LogP contribution is 2.66. The number of hydrogen-bond acceptors (Lipinski definition) is 4. The molecule has 0 saturated carbocycles. The van der Waals surface area contributed by atoms with Crippen molar-refractivity contribution in [1.29, 1.82) is 0 Å². The molecule has 0 N–H and O–H groups in total. The van der Waals surface area contributed by atoms with Gasteiger partial charge in [-0.1, -0.05) is 217 Å². The fraction of sp³-hybridized carbons (Fsp3) is 0.647. The lowest BCUT2D eigenvalue weighted by molar-refractivity contribution is 0.199. The van der Waals surface area contributed by atoms with Gasteiger partial charge in [-0.2, -0.15) is 0 Å². The van der Waals surface area contributed by atoms with Crippen LogP contribution in [0.2, 0.25) is 0 Å². The van der Waals surface area contributed by atoms with Crippen LogP contribution in [0.15, 0.2) is 60.7 Å². The smallest absolute Gasteiger partial charge is 0.161 e. The van der Waals surface area contributed by atoms with Crippen LogP contribution in [-0.2, 0) is 16.2 Å². The Hall–Kier alpha value is -3.92. The molecule has 0 aromatic heterocycles. The summed E-state index contributed by atoms with van der Waals surface area (Å²) in [5, 5.41) is 0. The van der Waals surface area contributed by atoms with E-state index in [4.69, 9.17) is 18.9 Å². The summed E-state index contributed by atoms with van der Waals surface area (Å²) in [6.07, 6.45) is 22.2. The summed E-state index contributed by atoms with van der Waals surface area (Å²) in [6, 6.07) is 24.6. The van der Waals surface area contributed by atoms with E-state index in [0.717, 1.165) is 61.5 Å². The van der Waals surface area contributed by atoms with Crippen LogP contribution < -0.4 is 18.9 Å². The average molecular weight is 984 g/mol. The quantitative estimate of drug-likeness (QED) is 0.0385. The first-order chi connectivity index (χ1) is 34.7. The zero-order valence-corrected chi connectivity index (χ0v) is 48.5. The van der Waals surface area contributed by atoms with Gasteiger partial charge >= 0.3 is 0 Å². The monoisotopic (exact) mass is 983 g/mol. The minimum absolute atomic E-state index is 0.00958. The third kappa shape index (κ3) is 12.6. The molecule has 0 fully saturated rings. The van der Waals surface area contributed by atoms with E-state index in [1.807, 2.05) is 0 Å². The number of fused-ring (bicyclic) bond motifs is 10. The molecule has 0 amide bonds. The molecule has 2 aliphatic carbocycles. The van der Waals surface area contributed by atoms with E-state index in [9.17, 15) is 0 Å². The second-order valence-electron chi connectivity index (χ2n) is 23.7. The molecule has 4 heteroatoms. The summed E-state index contributed by atoms with van der Waals surface area (Å²) in [5.41, 5.74) is 12.4. The molecule has 72 heavy (non-hydrogen) atoms. The molecule has 0 bridgehead atoms. The van der Waals surface area contributed by atoms with Gasteiger partial charge < -0.3 is 18.9 Å². The van der Waals surface area contributed by atoms with Crippen molar-refractivity contribution < 1.29 is 18.9 Å². The van der Waals surface area contributed by atoms with Crippen molar-refractivity contribution in [3.8, 4) is 45.3 Å². The maximum atomic E-state index is 7.25. The minimum atomic E-state index is -0.639. The SMILES string of the molecule is CCCCCC(CC)COc1cc2c(cc1OCC(CC)CCCC)-c1cc(OCC(CC)CCCC)c(OCC(CC)CCCC)cc1C21c2cc(C(C)(C)CC)ccc2-c2ccc(C(C)(C)CC)cc21. The fourth-order valence-corrected chi connectivity index (χ4v) is 11.5. The summed E-state index contributed by atoms with van der Waals surface area (Å²) in [7, 11) is 0. The van der Waals surface area contributed by atoms with Gasteiger partial charge in [-0.25, -0.2) is 0 Å². The van der Waals surface area contributed by atoms with Gasteiger partial charge in [0.2, 0.25) is 0 Å². The van der Waals surface area contributed by atoms with Gasteiger partial charge in [-0.05, 0) is 153 Å². The number of benzene rings is 4. The molecule has 0 radical (unpaired) electrons. The van der Waals surface area contributed by atoms with E-state index in [1.165, 1.54) is 139 Å². The van der Waals surface area contributed by atoms with Crippen LogP contribution in [0.25, 0.3) is 22.3 Å². The third-order valence-corrected chi connectivity index (χ3v) is 18.1. The van der Waals surface area contributed by atoms with Gasteiger partial charge in [0.25, 0.3) is 0 Å². The molecule has 0 saturated heterocycles. The van der Waals surface area contributed by atoms with Gasteiger partial charge in [0.1, 0.15) is 0 Å². The number of rotatable bonds is 33.